The zero-order valence-corrected chi connectivity index (χ0v) is 36.1. The van der Waals surface area contributed by atoms with Crippen molar-refractivity contribution in [3.63, 3.8) is 0 Å². The van der Waals surface area contributed by atoms with Crippen molar-refractivity contribution in [1.82, 2.24) is 15.1 Å². The summed E-state index contributed by atoms with van der Waals surface area (Å²) in [4.78, 5) is 103. The van der Waals surface area contributed by atoms with Gasteiger partial charge in [-0.1, -0.05) is 79.1 Å². The molecule has 0 heterocycles. The minimum Gasteiger partial charge on any atom is -0.478 e. The number of rotatable bonds is 12. The third kappa shape index (κ3) is 6.92. The molecule has 8 atom stereocenters. The van der Waals surface area contributed by atoms with Crippen LogP contribution in [0.3, 0.4) is 0 Å². The Hall–Kier alpha value is -4.33. The van der Waals surface area contributed by atoms with E-state index in [1.54, 1.807) is 0 Å². The molecular weight excluding hydrogens is 767 g/mol. The van der Waals surface area contributed by atoms with Crippen LogP contribution >= 0.6 is 0 Å². The summed E-state index contributed by atoms with van der Waals surface area (Å²) in [6, 6.07) is 3.64. The third-order valence-corrected chi connectivity index (χ3v) is 16.5. The van der Waals surface area contributed by atoms with Crippen LogP contribution in [0.4, 0.5) is 5.69 Å². The van der Waals surface area contributed by atoms with E-state index in [1.807, 2.05) is 27.7 Å². The fraction of sp³-hybridized carbons (Fsp3) is 0.717. The Balaban J connectivity index is 1.82. The molecule has 60 heavy (non-hydrogen) atoms. The maximum absolute atomic E-state index is 16.8. The second kappa shape index (κ2) is 17.2. The topological polar surface area (TPSA) is 236 Å². The van der Waals surface area contributed by atoms with Gasteiger partial charge in [-0.05, 0) is 82.1 Å². The summed E-state index contributed by atoms with van der Waals surface area (Å²) in [5.74, 6) is -8.70. The van der Waals surface area contributed by atoms with Crippen LogP contribution in [-0.4, -0.2) is 73.8 Å². The molecule has 5 aliphatic carbocycles. The van der Waals surface area contributed by atoms with E-state index in [0.29, 0.717) is 89.9 Å². The second-order valence-corrected chi connectivity index (χ2v) is 19.4. The van der Waals surface area contributed by atoms with Crippen molar-refractivity contribution in [3.8, 4) is 0 Å². The first-order chi connectivity index (χ1) is 28.4. The molecule has 5 amide bonds. The largest absolute Gasteiger partial charge is 0.478 e. The van der Waals surface area contributed by atoms with Crippen molar-refractivity contribution in [2.24, 2.45) is 41.1 Å². The summed E-state index contributed by atoms with van der Waals surface area (Å²) in [5, 5.41) is 27.7. The molecule has 0 radical (unpaired) electrons. The first-order valence-electron chi connectivity index (χ1n) is 22.7. The van der Waals surface area contributed by atoms with Gasteiger partial charge in [0.1, 0.15) is 16.8 Å². The first kappa shape index (κ1) is 45.2. The van der Waals surface area contributed by atoms with Gasteiger partial charge in [-0.3, -0.25) is 19.2 Å². The summed E-state index contributed by atoms with van der Waals surface area (Å²) in [6.07, 6.45) is 10.3. The highest BCUT2D eigenvalue weighted by Gasteiger charge is 2.78. The van der Waals surface area contributed by atoms with E-state index in [-0.39, 0.29) is 43.2 Å². The summed E-state index contributed by atoms with van der Waals surface area (Å²) >= 11 is 0. The summed E-state index contributed by atoms with van der Waals surface area (Å²) in [5.41, 5.74) is 4.92. The van der Waals surface area contributed by atoms with Gasteiger partial charge in [0, 0.05) is 36.8 Å². The van der Waals surface area contributed by atoms with Gasteiger partial charge in [0.05, 0.1) is 17.0 Å². The predicted molar refractivity (Wildman–Crippen MR) is 225 cm³/mol. The number of hydrogen-bond acceptors (Lipinski definition) is 7. The maximum Gasteiger partial charge on any atom is 0.335 e. The van der Waals surface area contributed by atoms with E-state index in [1.165, 1.54) is 12.1 Å². The molecular formula is C46H68N5O9+. The number of aromatic carboxylic acids is 2. The van der Waals surface area contributed by atoms with Crippen LogP contribution in [0.25, 0.3) is 0 Å². The molecule has 5 saturated carbocycles. The van der Waals surface area contributed by atoms with Crippen LogP contribution in [-0.2, 0) is 24.0 Å². The lowest BCUT2D eigenvalue weighted by Crippen LogP contribution is -2.90. The van der Waals surface area contributed by atoms with Gasteiger partial charge in [-0.2, -0.15) is 0 Å². The van der Waals surface area contributed by atoms with Gasteiger partial charge >= 0.3 is 17.8 Å². The normalized spacial score (nSPS) is 34.7. The van der Waals surface area contributed by atoms with Crippen molar-refractivity contribution in [3.05, 3.63) is 29.3 Å². The van der Waals surface area contributed by atoms with Crippen molar-refractivity contribution in [2.45, 2.75) is 178 Å². The Kier molecular flexibility index (Phi) is 13.0. The Labute approximate surface area is 353 Å². The van der Waals surface area contributed by atoms with E-state index < -0.39 is 97.0 Å². The Bertz CT molecular complexity index is 1780. The molecule has 0 aromatic heterocycles. The second-order valence-electron chi connectivity index (χ2n) is 19.4. The zero-order valence-electron chi connectivity index (χ0n) is 36.1. The number of primary amides is 2. The lowest BCUT2D eigenvalue weighted by atomic mass is 9.60. The highest BCUT2D eigenvalue weighted by molar-refractivity contribution is 6.10. The molecule has 0 saturated heterocycles. The fourth-order valence-electron chi connectivity index (χ4n) is 13.0. The van der Waals surface area contributed by atoms with Gasteiger partial charge in [0.2, 0.25) is 11.8 Å². The number of carbonyl (C=O) groups is 7. The fourth-order valence-corrected chi connectivity index (χ4v) is 13.0. The molecule has 5 fully saturated rings. The van der Waals surface area contributed by atoms with Crippen LogP contribution in [0.1, 0.15) is 177 Å². The van der Waals surface area contributed by atoms with E-state index >= 15 is 14.4 Å². The van der Waals surface area contributed by atoms with Crippen LogP contribution in [0.5, 0.6) is 0 Å². The van der Waals surface area contributed by atoms with Gasteiger partial charge in [0.15, 0.2) is 11.1 Å². The lowest BCUT2D eigenvalue weighted by Gasteiger charge is -2.64. The first-order valence-corrected chi connectivity index (χ1v) is 22.7. The van der Waals surface area contributed by atoms with Gasteiger partial charge in [-0.15, -0.1) is 0 Å². The number of quaternary nitrogens is 1. The van der Waals surface area contributed by atoms with E-state index in [2.05, 4.69) is 10.6 Å². The molecule has 0 aliphatic heterocycles. The standard InChI is InChI=1S/C46H67N5O9/c1-28-15-7-11-21-43(28,39(47)57)49-41(59)45(23-13-9-17-30(45)3)51(36(52)32-19-5-6-20-32,35-26-33(37(53)54)25-34(27-35)38(55)56)46(24-14-10-18-31(46)4)42(60)50-44(40(48)58)22-12-8-16-29(44)2/h25-32H,5-24H2,1-4H3,(H7-,47,48,49,50,53,54,55,56,57,58,59,60)/p+1. The molecule has 5 aliphatic rings. The quantitative estimate of drug-likeness (QED) is 0.133. The molecule has 330 valence electrons. The number of carboxylic acid groups (broad SMARTS) is 2. The Morgan fingerprint density at radius 2 is 0.883 bits per heavy atom. The van der Waals surface area contributed by atoms with Gasteiger partial charge < -0.3 is 32.3 Å². The van der Waals surface area contributed by atoms with Crippen LogP contribution in [0.15, 0.2) is 18.2 Å². The number of hydrogen-bond donors (Lipinski definition) is 6. The number of nitrogens with one attached hydrogen (secondary N) is 2. The summed E-state index contributed by atoms with van der Waals surface area (Å²) in [6.45, 7) is 7.55. The molecule has 0 spiro atoms. The lowest BCUT2D eigenvalue weighted by molar-refractivity contribution is -0.181. The predicted octanol–water partition coefficient (Wildman–Crippen LogP) is 6.11. The van der Waals surface area contributed by atoms with Gasteiger partial charge in [-0.25, -0.2) is 18.9 Å². The minimum atomic E-state index is -1.88. The van der Waals surface area contributed by atoms with Gasteiger partial charge in [0.25, 0.3) is 11.8 Å². The molecule has 1 aromatic carbocycles. The molecule has 8 N–H and O–H groups in total. The Morgan fingerprint density at radius 3 is 1.22 bits per heavy atom. The van der Waals surface area contributed by atoms with E-state index in [9.17, 15) is 29.4 Å². The van der Waals surface area contributed by atoms with Crippen molar-refractivity contribution < 1.29 is 43.8 Å². The summed E-state index contributed by atoms with van der Waals surface area (Å²) in [7, 11) is 0. The third-order valence-electron chi connectivity index (χ3n) is 16.5. The average molecular weight is 835 g/mol. The molecule has 14 heteroatoms. The van der Waals surface area contributed by atoms with Crippen LogP contribution in [0.2, 0.25) is 0 Å². The number of amides is 5. The molecule has 1 aromatic rings. The summed E-state index contributed by atoms with van der Waals surface area (Å²) < 4.78 is -0.974. The molecule has 8 unspecified atom stereocenters. The van der Waals surface area contributed by atoms with Crippen molar-refractivity contribution >= 4 is 47.2 Å². The smallest absolute Gasteiger partial charge is 0.335 e. The highest BCUT2D eigenvalue weighted by Crippen LogP contribution is 2.59. The SMILES string of the molecule is CC1CCCCC1(NC(=O)C1([N+](C(=O)C2CCCC2)(c2cc(C(=O)O)cc(C(=O)O)c2)C2(C(=O)NC3(C(N)=O)CCCCC3C)CCCCC2C)CCCCC1C)C(N)=O. The van der Waals surface area contributed by atoms with E-state index in [0.717, 1.165) is 18.9 Å². The molecule has 0 bridgehead atoms. The maximum atomic E-state index is 16.8. The van der Waals surface area contributed by atoms with E-state index in [4.69, 9.17) is 11.5 Å². The minimum absolute atomic E-state index is 0.0633. The zero-order chi connectivity index (χ0) is 43.8. The highest BCUT2D eigenvalue weighted by atomic mass is 16.4. The number of carbonyl (C=O) groups excluding carboxylic acids is 5. The number of benzene rings is 1. The molecule has 14 nitrogen and oxygen atoms in total. The molecule has 6 rings (SSSR count). The van der Waals surface area contributed by atoms with Crippen LogP contribution in [0, 0.1) is 29.6 Å². The number of carboxylic acids is 2. The number of nitrogens with zero attached hydrogens (tertiary/aromatic N) is 1. The average Bonchev–Trinajstić information content (AvgIpc) is 3.76. The Morgan fingerprint density at radius 1 is 0.533 bits per heavy atom. The van der Waals surface area contributed by atoms with Crippen molar-refractivity contribution in [1.29, 1.82) is 0 Å². The monoisotopic (exact) mass is 835 g/mol. The van der Waals surface area contributed by atoms with Crippen LogP contribution < -0.4 is 26.6 Å². The number of nitrogens with two attached hydrogens (primary N) is 2. The van der Waals surface area contributed by atoms with Crippen molar-refractivity contribution in [2.75, 3.05) is 0 Å².